The molecule has 0 spiro atoms. The first-order chi connectivity index (χ1) is 45.1. The van der Waals surface area contributed by atoms with Crippen molar-refractivity contribution in [3.05, 3.63) is 247 Å². The Labute approximate surface area is 527 Å². The molecule has 3 aromatic heterocycles. The number of hydrogen-bond acceptors (Lipinski definition) is 3. The van der Waals surface area contributed by atoms with Crippen molar-refractivity contribution in [1.29, 1.82) is 0 Å². The van der Waals surface area contributed by atoms with E-state index in [1.807, 2.05) is 0 Å². The van der Waals surface area contributed by atoms with Crippen LogP contribution in [-0.4, -0.2) is 15.8 Å². The Morgan fingerprint density at radius 2 is 0.761 bits per heavy atom. The molecule has 0 aliphatic carbocycles. The van der Waals surface area contributed by atoms with Crippen LogP contribution in [0.15, 0.2) is 229 Å². The van der Waals surface area contributed by atoms with Crippen LogP contribution in [0, 0.1) is 0 Å². The van der Waals surface area contributed by atoms with Gasteiger partial charge in [0.2, 0.25) is 0 Å². The number of aromatic nitrogens is 2. The summed E-state index contributed by atoms with van der Waals surface area (Å²) in [5, 5.41) is 4.55. The third-order valence-electron chi connectivity index (χ3n) is 18.7. The minimum Gasteiger partial charge on any atom is -0.456 e. The van der Waals surface area contributed by atoms with Gasteiger partial charge in [-0.25, -0.2) is 0 Å². The Hall–Kier alpha value is -9.52. The van der Waals surface area contributed by atoms with Gasteiger partial charge in [-0.3, -0.25) is 0 Å². The van der Waals surface area contributed by atoms with E-state index in [2.05, 4.69) is 284 Å². The lowest BCUT2D eigenvalue weighted by Gasteiger charge is -2.45. The Morgan fingerprint density at radius 3 is 1.22 bits per heavy atom. The van der Waals surface area contributed by atoms with Crippen molar-refractivity contribution in [2.75, 3.05) is 9.80 Å². The van der Waals surface area contributed by atoms with Crippen molar-refractivity contribution in [1.82, 2.24) is 9.13 Å². The van der Waals surface area contributed by atoms with Gasteiger partial charge in [0.05, 0.1) is 31.7 Å². The number of benzene rings is 11. The van der Waals surface area contributed by atoms with E-state index < -0.39 is 24.8 Å². The van der Waals surface area contributed by atoms with E-state index in [1.54, 1.807) is 0 Å². The molecule has 0 unspecified atom stereocenters. The molecule has 0 amide bonds. The highest BCUT2D eigenvalue weighted by atomic mass is 16.3. The van der Waals surface area contributed by atoms with Crippen molar-refractivity contribution in [2.45, 2.75) is 105 Å². The van der Waals surface area contributed by atoms with Gasteiger partial charge in [0.1, 0.15) is 11.2 Å². The van der Waals surface area contributed by atoms with E-state index in [9.17, 15) is 5.48 Å². The largest absolute Gasteiger partial charge is 0.456 e. The summed E-state index contributed by atoms with van der Waals surface area (Å²) < 4.78 is 77.5. The normalized spacial score (nSPS) is 14.7. The molecule has 0 atom stereocenters. The average Bonchev–Trinajstić information content (AvgIpc) is 1.60. The molecule has 2 aliphatic rings. The highest BCUT2D eigenvalue weighted by molar-refractivity contribution is 7.00. The number of fused-ring (bicyclic) bond motifs is 13. The predicted molar refractivity (Wildman–Crippen MR) is 377 cm³/mol. The molecular weight excluding hydrogens is 1070 g/mol. The zero-order valence-electron chi connectivity index (χ0n) is 59.1. The maximum atomic E-state index is 10.5. The first-order valence-electron chi connectivity index (χ1n) is 34.4. The van der Waals surface area contributed by atoms with Crippen molar-refractivity contribution in [2.24, 2.45) is 0 Å². The summed E-state index contributed by atoms with van der Waals surface area (Å²) in [5.41, 5.74) is 18.8. The van der Waals surface area contributed by atoms with Crippen LogP contribution in [-0.2, 0) is 21.7 Å². The molecule has 0 saturated heterocycles. The van der Waals surface area contributed by atoms with E-state index in [1.165, 1.54) is 0 Å². The number of furan rings is 1. The summed E-state index contributed by atoms with van der Waals surface area (Å²) in [6.07, 6.45) is 0. The zero-order valence-corrected chi connectivity index (χ0v) is 52.1. The van der Waals surface area contributed by atoms with Gasteiger partial charge in [-0.15, -0.1) is 0 Å². The highest BCUT2D eigenvalue weighted by Crippen LogP contribution is 2.51. The number of rotatable bonds is 5. The third-order valence-corrected chi connectivity index (χ3v) is 18.7. The van der Waals surface area contributed by atoms with E-state index in [-0.39, 0.29) is 73.3 Å². The number of para-hydroxylation sites is 5. The van der Waals surface area contributed by atoms with Gasteiger partial charge in [-0.05, 0) is 174 Å². The predicted octanol–water partition coefficient (Wildman–Crippen LogP) is 20.7. The standard InChI is InChI=1S/C82H73BN4O/c1-79(2,3)52-40-53(80(4,5)6)43-58(42-52)86-72-48-70-63(60-29-19-22-32-68(60)84(70)56-25-15-13-16-26-56)46-66(72)83-67-47-64-61-30-20-23-33-69(61)85(57-27-17-14-18-28-57)71(64)49-73(67)87(59-44-54(81(7,8)9)41-55(45-59)82(10,11)12)75-39-51(38-74(86)78(75)83)50-35-36-77-65(37-50)62-31-21-24-34-76(62)88-77/h13-49H,1-12H3/i21D,24D,31D,34D,35D,36D,37D. The second-order valence-corrected chi connectivity index (χ2v) is 28.6. The summed E-state index contributed by atoms with van der Waals surface area (Å²) in [4.78, 5) is 4.88. The molecule has 0 radical (unpaired) electrons. The zero-order chi connectivity index (χ0) is 66.6. The van der Waals surface area contributed by atoms with Crippen LogP contribution in [0.3, 0.4) is 0 Å². The van der Waals surface area contributed by atoms with E-state index in [0.29, 0.717) is 5.56 Å². The average molecular weight is 1150 g/mol. The van der Waals surface area contributed by atoms with Crippen LogP contribution in [0.4, 0.5) is 34.1 Å². The fourth-order valence-corrected chi connectivity index (χ4v) is 14.0. The van der Waals surface area contributed by atoms with Crippen LogP contribution in [0.5, 0.6) is 0 Å². The molecule has 430 valence electrons. The van der Waals surface area contributed by atoms with Gasteiger partial charge in [0, 0.05) is 77.8 Å². The van der Waals surface area contributed by atoms with E-state index in [0.717, 1.165) is 128 Å². The molecule has 16 rings (SSSR count). The first-order valence-corrected chi connectivity index (χ1v) is 30.9. The molecule has 0 saturated carbocycles. The minimum atomic E-state index is -0.479. The molecule has 0 N–H and O–H groups in total. The molecule has 6 heteroatoms. The molecular formula is C82H73BN4O. The van der Waals surface area contributed by atoms with Gasteiger partial charge < -0.3 is 23.4 Å². The topological polar surface area (TPSA) is 29.5 Å². The molecule has 5 nitrogen and oxygen atoms in total. The van der Waals surface area contributed by atoms with Gasteiger partial charge in [0.15, 0.2) is 0 Å². The fourth-order valence-electron chi connectivity index (χ4n) is 14.0. The second-order valence-electron chi connectivity index (χ2n) is 28.6. The quantitative estimate of drug-likeness (QED) is 0.161. The Balaban J connectivity index is 1.14. The molecule has 5 heterocycles. The summed E-state index contributed by atoms with van der Waals surface area (Å²) in [6, 6.07) is 64.2. The first kappa shape index (κ1) is 46.7. The lowest BCUT2D eigenvalue weighted by Crippen LogP contribution is -2.61. The lowest BCUT2D eigenvalue weighted by atomic mass is 9.33. The number of hydrogen-bond donors (Lipinski definition) is 0. The van der Waals surface area contributed by atoms with Crippen LogP contribution in [0.1, 0.15) is 115 Å². The Bertz CT molecular complexity index is 5310. The van der Waals surface area contributed by atoms with E-state index >= 15 is 0 Å². The van der Waals surface area contributed by atoms with Crippen LogP contribution >= 0.6 is 0 Å². The second kappa shape index (κ2) is 19.0. The Kier molecular flexibility index (Phi) is 10.1. The number of nitrogens with zero attached hydrogens (tertiary/aromatic N) is 4. The van der Waals surface area contributed by atoms with Crippen molar-refractivity contribution >= 4 is 123 Å². The van der Waals surface area contributed by atoms with E-state index in [4.69, 9.17) is 8.53 Å². The van der Waals surface area contributed by atoms with Crippen LogP contribution < -0.4 is 26.2 Å². The van der Waals surface area contributed by atoms with Crippen molar-refractivity contribution in [3.8, 4) is 22.5 Å². The molecule has 11 aromatic carbocycles. The maximum absolute atomic E-state index is 10.5. The third kappa shape index (κ3) is 8.35. The van der Waals surface area contributed by atoms with Gasteiger partial charge >= 0.3 is 0 Å². The molecule has 0 fully saturated rings. The van der Waals surface area contributed by atoms with Crippen molar-refractivity contribution < 1.29 is 14.0 Å². The summed E-state index contributed by atoms with van der Waals surface area (Å²) >= 11 is 0. The van der Waals surface area contributed by atoms with Crippen LogP contribution in [0.25, 0.3) is 88.1 Å². The van der Waals surface area contributed by atoms with Crippen molar-refractivity contribution in [3.63, 3.8) is 0 Å². The van der Waals surface area contributed by atoms with Crippen LogP contribution in [0.2, 0.25) is 0 Å². The summed E-state index contributed by atoms with van der Waals surface area (Å²) in [7, 11) is 0. The summed E-state index contributed by atoms with van der Waals surface area (Å²) in [5.74, 6) is 0. The van der Waals surface area contributed by atoms with Gasteiger partial charge in [-0.1, -0.05) is 204 Å². The number of anilines is 6. The molecule has 88 heavy (non-hydrogen) atoms. The minimum absolute atomic E-state index is 0.00859. The van der Waals surface area contributed by atoms with Gasteiger partial charge in [0.25, 0.3) is 6.71 Å². The molecule has 2 aliphatic heterocycles. The summed E-state index contributed by atoms with van der Waals surface area (Å²) in [6.45, 7) is 26.8. The van der Waals surface area contributed by atoms with Gasteiger partial charge in [-0.2, -0.15) is 0 Å². The highest BCUT2D eigenvalue weighted by Gasteiger charge is 2.46. The molecule has 14 aromatic rings. The lowest BCUT2D eigenvalue weighted by molar-refractivity contribution is 0.568. The fraction of sp³-hybridized carbons (Fsp3) is 0.195. The smallest absolute Gasteiger partial charge is 0.252 e. The molecule has 0 bridgehead atoms. The SMILES string of the molecule is [2H]c1c([2H])c([2H])c2c(oc3c([2H])c([2H])c(-c4cc5c6c(c4)N(c4cc(C(C)(C)C)cc(C(C)(C)C)c4)c4cc7c(cc4B6c4cc6c8ccccc8n(-c8ccccc8)c6cc4N5c4cc(C(C)(C)C)cc(C(C)(C)C)c4)c4ccccc4n7-c4ccccc4)c([2H])c32)c1[2H]. The monoisotopic (exact) mass is 1150 g/mol. The maximum Gasteiger partial charge on any atom is 0.252 e. The Morgan fingerprint density at radius 1 is 0.341 bits per heavy atom.